The Kier molecular flexibility index (Phi) is 10.3. The second-order valence-corrected chi connectivity index (χ2v) is 23.3. The van der Waals surface area contributed by atoms with Gasteiger partial charge in [-0.05, 0) is 0 Å². The van der Waals surface area contributed by atoms with Crippen LogP contribution in [0.4, 0.5) is 26.3 Å². The van der Waals surface area contributed by atoms with Crippen LogP contribution in [-0.2, 0) is 28.9 Å². The largest absolute Gasteiger partial charge is 1.00 e. The van der Waals surface area contributed by atoms with E-state index in [-0.39, 0.29) is 44.1 Å². The minimum atomic E-state index is -4.39. The molecule has 0 nitrogen and oxygen atoms in total. The molecule has 268 valence electrons. The minimum absolute atomic E-state index is 0. The van der Waals surface area contributed by atoms with Gasteiger partial charge < -0.3 is 24.8 Å². The van der Waals surface area contributed by atoms with E-state index in [9.17, 15) is 26.3 Å². The summed E-state index contributed by atoms with van der Waals surface area (Å²) >= 11 is -2.90. The Hall–Kier alpha value is -2.77. The van der Waals surface area contributed by atoms with E-state index in [2.05, 4.69) is 78.0 Å². The normalized spacial score (nSPS) is 18.7. The molecule has 0 radical (unpaired) electrons. The van der Waals surface area contributed by atoms with Crippen LogP contribution in [0, 0.1) is 10.8 Å². The van der Waals surface area contributed by atoms with Crippen LogP contribution in [-0.4, -0.2) is 0 Å². The zero-order valence-electron chi connectivity index (χ0n) is 29.3. The van der Waals surface area contributed by atoms with Gasteiger partial charge in [0.25, 0.3) is 0 Å². The van der Waals surface area contributed by atoms with Crippen LogP contribution in [0.2, 0.25) is 9.45 Å². The van der Waals surface area contributed by atoms with E-state index in [0.29, 0.717) is 0 Å². The maximum atomic E-state index is 13.4. The van der Waals surface area contributed by atoms with Gasteiger partial charge in [-0.3, -0.25) is 0 Å². The molecule has 1 heterocycles. The maximum absolute atomic E-state index is 13.4. The standard InChI is InChI=1S/2C20H18F3.C2H4.2ClH.Ti/c2*1-19(2,3)16-11-14-5-4-6-17(18(14)12-16)13-7-9-15(10-8-13)20(21,22)23;1-2;;;/h2*4-12H,1-3H3;1-2H2;2*1H;/q;;;;;+2/p-2. The van der Waals surface area contributed by atoms with Gasteiger partial charge in [0.2, 0.25) is 0 Å². The van der Waals surface area contributed by atoms with Gasteiger partial charge in [0.05, 0.1) is 0 Å². The van der Waals surface area contributed by atoms with E-state index >= 15 is 0 Å². The first-order chi connectivity index (χ1) is 22.8. The molecule has 2 aliphatic carbocycles. The van der Waals surface area contributed by atoms with Crippen LogP contribution >= 0.6 is 0 Å². The number of hydrogen-bond acceptors (Lipinski definition) is 0. The van der Waals surface area contributed by atoms with Crippen molar-refractivity contribution >= 4 is 12.2 Å². The summed E-state index contributed by atoms with van der Waals surface area (Å²) in [6.45, 7) is 13.6. The van der Waals surface area contributed by atoms with Crippen molar-refractivity contribution in [3.8, 4) is 22.3 Å². The fourth-order valence-electron chi connectivity index (χ4n) is 8.41. The molecule has 4 aromatic carbocycles. The summed E-state index contributed by atoms with van der Waals surface area (Å²) < 4.78 is 83.4. The van der Waals surface area contributed by atoms with E-state index in [0.717, 1.165) is 33.4 Å². The smallest absolute Gasteiger partial charge is 1.00 e. The Balaban J connectivity index is 0.00000252. The van der Waals surface area contributed by atoms with E-state index < -0.39 is 40.1 Å². The fourth-order valence-corrected chi connectivity index (χ4v) is 19.3. The molecule has 1 saturated heterocycles. The average Bonchev–Trinajstić information content (AvgIpc) is 3.52. The van der Waals surface area contributed by atoms with Crippen LogP contribution in [0.15, 0.2) is 96.1 Å². The third-order valence-electron chi connectivity index (χ3n) is 10.9. The van der Waals surface area contributed by atoms with Crippen molar-refractivity contribution in [3.05, 3.63) is 129 Å². The number of halogens is 8. The van der Waals surface area contributed by atoms with Crippen LogP contribution in [0.1, 0.15) is 83.4 Å². The molecule has 0 spiro atoms. The number of alkyl halides is 6. The summed E-state index contributed by atoms with van der Waals surface area (Å²) in [5.41, 5.74) is 9.51. The van der Waals surface area contributed by atoms with Crippen molar-refractivity contribution in [2.75, 3.05) is 0 Å². The first-order valence-corrected chi connectivity index (χ1v) is 20.9. The third-order valence-corrected chi connectivity index (χ3v) is 19.0. The Bertz CT molecular complexity index is 1860. The quantitative estimate of drug-likeness (QED) is 0.147. The van der Waals surface area contributed by atoms with E-state index in [1.807, 2.05) is 12.1 Å². The summed E-state index contributed by atoms with van der Waals surface area (Å²) in [7, 11) is 0. The van der Waals surface area contributed by atoms with Gasteiger partial charge in [-0.15, -0.1) is 0 Å². The first kappa shape index (κ1) is 39.4. The average molecular weight is 778 g/mol. The van der Waals surface area contributed by atoms with E-state index in [1.54, 1.807) is 24.3 Å². The Morgan fingerprint density at radius 1 is 0.490 bits per heavy atom. The SMILES string of the molecule is CC(C)(C)C1=Cc2c(-c3ccc(C(F)(F)F)cc3)cccc2[CH]1[Ti+2]1([CH]2C(C(C)(C)C)=Cc3c(-c4ccc(C(F)(F)F)cc4)cccc32)[CH2][CH2]1.[Cl-].[Cl-]. The minimum Gasteiger partial charge on any atom is -1.00 e. The molecular formula is C42H40Cl2F6Ti. The molecule has 4 aromatic rings. The molecule has 0 N–H and O–H groups in total. The molecule has 2 unspecified atom stereocenters. The molecule has 0 saturated carbocycles. The molecular weight excluding hydrogens is 737 g/mol. The monoisotopic (exact) mass is 776 g/mol. The molecule has 1 fully saturated rings. The second kappa shape index (κ2) is 13.3. The van der Waals surface area contributed by atoms with E-state index in [4.69, 9.17) is 0 Å². The van der Waals surface area contributed by atoms with Crippen molar-refractivity contribution in [2.24, 2.45) is 10.8 Å². The van der Waals surface area contributed by atoms with Gasteiger partial charge in [-0.25, -0.2) is 0 Å². The zero-order chi connectivity index (χ0) is 35.3. The summed E-state index contributed by atoms with van der Waals surface area (Å²) in [6, 6.07) is 23.6. The number of rotatable bonds is 4. The number of benzene rings is 4. The molecule has 1 aliphatic heterocycles. The molecule has 0 aromatic heterocycles. The second-order valence-electron chi connectivity index (χ2n) is 16.1. The van der Waals surface area contributed by atoms with Gasteiger partial charge in [-0.1, -0.05) is 0 Å². The molecule has 9 heteroatoms. The Morgan fingerprint density at radius 3 is 1.10 bits per heavy atom. The van der Waals surface area contributed by atoms with Gasteiger partial charge >= 0.3 is 289 Å². The fraction of sp³-hybridized carbons (Fsp3) is 0.333. The Labute approximate surface area is 312 Å². The van der Waals surface area contributed by atoms with Gasteiger partial charge in [0.1, 0.15) is 0 Å². The summed E-state index contributed by atoms with van der Waals surface area (Å²) in [4.78, 5) is 0. The van der Waals surface area contributed by atoms with Crippen molar-refractivity contribution < 1.29 is 67.7 Å². The maximum Gasteiger partial charge on any atom is -1.00 e. The Morgan fingerprint density at radius 2 is 0.824 bits per heavy atom. The third kappa shape index (κ3) is 6.91. The molecule has 3 aliphatic rings. The van der Waals surface area contributed by atoms with Gasteiger partial charge in [0, 0.05) is 0 Å². The number of fused-ring (bicyclic) bond motifs is 2. The first-order valence-electron chi connectivity index (χ1n) is 16.9. The van der Waals surface area contributed by atoms with Crippen molar-refractivity contribution in [3.63, 3.8) is 0 Å². The van der Waals surface area contributed by atoms with Crippen molar-refractivity contribution in [1.82, 2.24) is 0 Å². The van der Waals surface area contributed by atoms with Gasteiger partial charge in [-0.2, -0.15) is 0 Å². The zero-order valence-corrected chi connectivity index (χ0v) is 32.4. The number of allylic oxidation sites excluding steroid dienone is 2. The van der Waals surface area contributed by atoms with E-state index in [1.165, 1.54) is 56.0 Å². The summed E-state index contributed by atoms with van der Waals surface area (Å²) in [5.74, 6) is 0. The van der Waals surface area contributed by atoms with Crippen molar-refractivity contribution in [1.29, 1.82) is 0 Å². The van der Waals surface area contributed by atoms with Gasteiger partial charge in [0.15, 0.2) is 0 Å². The molecule has 0 amide bonds. The number of hydrogen-bond donors (Lipinski definition) is 0. The molecule has 51 heavy (non-hydrogen) atoms. The molecule has 2 atom stereocenters. The topological polar surface area (TPSA) is 0 Å². The van der Waals surface area contributed by atoms with Crippen molar-refractivity contribution in [2.45, 2.75) is 71.8 Å². The van der Waals surface area contributed by atoms with Crippen LogP contribution in [0.3, 0.4) is 0 Å². The summed E-state index contributed by atoms with van der Waals surface area (Å²) in [5, 5.41) is 0. The molecule has 7 rings (SSSR count). The van der Waals surface area contributed by atoms with Crippen LogP contribution in [0.25, 0.3) is 34.4 Å². The molecule has 0 bridgehead atoms. The predicted molar refractivity (Wildman–Crippen MR) is 184 cm³/mol. The summed E-state index contributed by atoms with van der Waals surface area (Å²) in [6.07, 6.45) is -4.11. The van der Waals surface area contributed by atoms with Crippen LogP contribution < -0.4 is 24.8 Å². The van der Waals surface area contributed by atoms with Crippen LogP contribution in [0.5, 0.6) is 0 Å². The predicted octanol–water partition coefficient (Wildman–Crippen LogP) is 7.74.